The van der Waals surface area contributed by atoms with E-state index in [1.54, 1.807) is 12.1 Å². The number of hydrogen-bond donors (Lipinski definition) is 1. The van der Waals surface area contributed by atoms with Crippen LogP contribution in [0.5, 0.6) is 0 Å². The molecule has 2 N–H and O–H groups in total. The number of ether oxygens (including phenoxy) is 1. The quantitative estimate of drug-likeness (QED) is 0.806. The molecule has 1 heterocycles. The summed E-state index contributed by atoms with van der Waals surface area (Å²) in [7, 11) is 0. The number of amides is 1. The van der Waals surface area contributed by atoms with E-state index in [1.165, 1.54) is 44.2 Å². The van der Waals surface area contributed by atoms with Crippen molar-refractivity contribution in [3.8, 4) is 0 Å². The first-order valence-electron chi connectivity index (χ1n) is 10.0. The fourth-order valence-corrected chi connectivity index (χ4v) is 4.57. The average Bonchev–Trinajstić information content (AvgIpc) is 2.67. The van der Waals surface area contributed by atoms with Crippen LogP contribution in [0.15, 0.2) is 24.3 Å². The van der Waals surface area contributed by atoms with Crippen molar-refractivity contribution in [3.05, 3.63) is 35.6 Å². The lowest BCUT2D eigenvalue weighted by Crippen LogP contribution is -2.53. The number of cyclic esters (lactones) is 1. The van der Waals surface area contributed by atoms with Crippen LogP contribution in [0.3, 0.4) is 0 Å². The molecule has 1 saturated carbocycles. The van der Waals surface area contributed by atoms with Crippen molar-refractivity contribution < 1.29 is 13.9 Å². The number of nitrogens with zero attached hydrogens (tertiary/aromatic N) is 1. The van der Waals surface area contributed by atoms with E-state index in [4.69, 9.17) is 10.5 Å². The topological polar surface area (TPSA) is 55.6 Å². The minimum atomic E-state index is -0.688. The number of carbonyl (C=O) groups excluding carboxylic acids is 1. The van der Waals surface area contributed by atoms with Crippen LogP contribution in [0.25, 0.3) is 0 Å². The van der Waals surface area contributed by atoms with Crippen LogP contribution in [0.2, 0.25) is 0 Å². The van der Waals surface area contributed by atoms with Gasteiger partial charge in [0.25, 0.3) is 0 Å². The highest BCUT2D eigenvalue weighted by Crippen LogP contribution is 2.40. The highest BCUT2D eigenvalue weighted by atomic mass is 19.1. The summed E-state index contributed by atoms with van der Waals surface area (Å²) in [6.07, 6.45) is 8.14. The van der Waals surface area contributed by atoms with E-state index in [1.807, 2.05) is 4.90 Å². The summed E-state index contributed by atoms with van der Waals surface area (Å²) in [5, 5.41) is 0. The van der Waals surface area contributed by atoms with Crippen LogP contribution >= 0.6 is 0 Å². The molecule has 0 radical (unpaired) electrons. The van der Waals surface area contributed by atoms with E-state index in [0.29, 0.717) is 25.4 Å². The maximum absolute atomic E-state index is 13.3. The lowest BCUT2D eigenvalue weighted by molar-refractivity contribution is -0.0714. The van der Waals surface area contributed by atoms with E-state index < -0.39 is 5.60 Å². The molecule has 26 heavy (non-hydrogen) atoms. The predicted molar refractivity (Wildman–Crippen MR) is 100 cm³/mol. The summed E-state index contributed by atoms with van der Waals surface area (Å²) in [5.74, 6) is 0.288. The zero-order valence-electron chi connectivity index (χ0n) is 15.8. The minimum absolute atomic E-state index is 0.212. The Balaban J connectivity index is 1.75. The Morgan fingerprint density at radius 1 is 1.27 bits per heavy atom. The van der Waals surface area contributed by atoms with Gasteiger partial charge in [-0.1, -0.05) is 31.4 Å². The molecule has 2 fully saturated rings. The maximum Gasteiger partial charge on any atom is 0.410 e. The zero-order valence-corrected chi connectivity index (χ0v) is 15.8. The van der Waals surface area contributed by atoms with Crippen LogP contribution in [0.1, 0.15) is 63.9 Å². The first kappa shape index (κ1) is 19.2. The number of halogens is 1. The molecule has 0 aromatic heterocycles. The molecule has 3 rings (SSSR count). The van der Waals surface area contributed by atoms with Crippen LogP contribution in [-0.4, -0.2) is 30.1 Å². The highest BCUT2D eigenvalue weighted by Gasteiger charge is 2.43. The monoisotopic (exact) mass is 362 g/mol. The van der Waals surface area contributed by atoms with E-state index in [2.05, 4.69) is 6.92 Å². The molecule has 1 aromatic carbocycles. The van der Waals surface area contributed by atoms with Gasteiger partial charge in [-0.3, -0.25) is 0 Å². The molecule has 1 amide bonds. The first-order valence-corrected chi connectivity index (χ1v) is 10.0. The van der Waals surface area contributed by atoms with Gasteiger partial charge in [0.2, 0.25) is 0 Å². The van der Waals surface area contributed by atoms with Crippen molar-refractivity contribution in [1.82, 2.24) is 4.90 Å². The van der Waals surface area contributed by atoms with Crippen molar-refractivity contribution in [2.24, 2.45) is 11.7 Å². The van der Waals surface area contributed by atoms with E-state index in [-0.39, 0.29) is 18.0 Å². The average molecular weight is 362 g/mol. The van der Waals surface area contributed by atoms with Gasteiger partial charge >= 0.3 is 6.09 Å². The molecule has 4 nitrogen and oxygen atoms in total. The largest absolute Gasteiger partial charge is 0.438 e. The van der Waals surface area contributed by atoms with Crippen molar-refractivity contribution >= 4 is 6.09 Å². The lowest BCUT2D eigenvalue weighted by Gasteiger charge is -2.45. The minimum Gasteiger partial charge on any atom is -0.438 e. The second-order valence-electron chi connectivity index (χ2n) is 7.84. The van der Waals surface area contributed by atoms with Crippen LogP contribution in [-0.2, 0) is 10.3 Å². The smallest absolute Gasteiger partial charge is 0.410 e. The summed E-state index contributed by atoms with van der Waals surface area (Å²) in [6, 6.07) is 6.55. The van der Waals surface area contributed by atoms with Gasteiger partial charge < -0.3 is 15.4 Å². The Labute approximate surface area is 155 Å². The Kier molecular flexibility index (Phi) is 6.17. The Hall–Kier alpha value is -1.62. The van der Waals surface area contributed by atoms with Gasteiger partial charge in [0.15, 0.2) is 0 Å². The van der Waals surface area contributed by atoms with E-state index in [9.17, 15) is 9.18 Å². The normalized spacial score (nSPS) is 25.8. The Morgan fingerprint density at radius 2 is 1.96 bits per heavy atom. The molecule has 144 valence electrons. The first-order chi connectivity index (χ1) is 12.6. The molecular formula is C21H31FN2O2. The molecule has 0 spiro atoms. The van der Waals surface area contributed by atoms with Gasteiger partial charge in [-0.15, -0.1) is 0 Å². The van der Waals surface area contributed by atoms with Crippen molar-refractivity contribution in [2.45, 2.75) is 69.9 Å². The Morgan fingerprint density at radius 3 is 2.58 bits per heavy atom. The molecule has 2 aliphatic rings. The highest BCUT2D eigenvalue weighted by molar-refractivity contribution is 5.70. The molecule has 1 aliphatic carbocycles. The molecule has 1 aromatic rings. The summed E-state index contributed by atoms with van der Waals surface area (Å²) in [5.41, 5.74) is 5.88. The lowest BCUT2D eigenvalue weighted by atomic mass is 9.82. The predicted octanol–water partition coefficient (Wildman–Crippen LogP) is 4.57. The summed E-state index contributed by atoms with van der Waals surface area (Å²) < 4.78 is 19.4. The molecule has 2 atom stereocenters. The standard InChI is InChI=1S/C21H31FN2O2/c1-16(17-6-3-2-4-7-17)24-15-13-21(12-5-14-23,26-20(24)25)18-8-10-19(22)11-9-18/h8-11,16-17H,2-7,12-15,23H2,1H3/t16-,21?/m0/s1. The third kappa shape index (κ3) is 4.03. The Bertz CT molecular complexity index is 601. The van der Waals surface area contributed by atoms with E-state index in [0.717, 1.165) is 18.4 Å². The van der Waals surface area contributed by atoms with Crippen molar-refractivity contribution in [1.29, 1.82) is 0 Å². The summed E-state index contributed by atoms with van der Waals surface area (Å²) in [6.45, 7) is 3.38. The third-order valence-corrected chi connectivity index (χ3v) is 6.25. The fraction of sp³-hybridized carbons (Fsp3) is 0.667. The second-order valence-corrected chi connectivity index (χ2v) is 7.84. The number of hydrogen-bond acceptors (Lipinski definition) is 3. The number of carbonyl (C=O) groups is 1. The number of rotatable bonds is 6. The molecule has 1 saturated heterocycles. The molecule has 1 aliphatic heterocycles. The van der Waals surface area contributed by atoms with E-state index >= 15 is 0 Å². The zero-order chi connectivity index (χ0) is 18.6. The maximum atomic E-state index is 13.3. The van der Waals surface area contributed by atoms with Gasteiger partial charge in [-0.25, -0.2) is 9.18 Å². The van der Waals surface area contributed by atoms with Gasteiger partial charge in [0.05, 0.1) is 0 Å². The summed E-state index contributed by atoms with van der Waals surface area (Å²) in [4.78, 5) is 14.8. The SMILES string of the molecule is C[C@@H](C1CCCCC1)N1CCC(CCCN)(c2ccc(F)cc2)OC1=O. The third-order valence-electron chi connectivity index (χ3n) is 6.25. The molecule has 0 bridgehead atoms. The summed E-state index contributed by atoms with van der Waals surface area (Å²) >= 11 is 0. The van der Waals surface area contributed by atoms with Gasteiger partial charge in [-0.05, 0) is 62.8 Å². The number of benzene rings is 1. The van der Waals surface area contributed by atoms with Crippen LogP contribution in [0.4, 0.5) is 9.18 Å². The molecule has 5 heteroatoms. The van der Waals surface area contributed by atoms with Crippen LogP contribution < -0.4 is 5.73 Å². The fourth-order valence-electron chi connectivity index (χ4n) is 4.57. The van der Waals surface area contributed by atoms with Crippen molar-refractivity contribution in [3.63, 3.8) is 0 Å². The van der Waals surface area contributed by atoms with Crippen LogP contribution in [0, 0.1) is 11.7 Å². The van der Waals surface area contributed by atoms with Gasteiger partial charge in [0, 0.05) is 19.0 Å². The van der Waals surface area contributed by atoms with Gasteiger partial charge in [-0.2, -0.15) is 0 Å². The van der Waals surface area contributed by atoms with Crippen molar-refractivity contribution in [2.75, 3.05) is 13.1 Å². The second kappa shape index (κ2) is 8.38. The van der Waals surface area contributed by atoms with Gasteiger partial charge in [0.1, 0.15) is 11.4 Å². The molecular weight excluding hydrogens is 331 g/mol. The number of nitrogens with two attached hydrogens (primary N) is 1. The molecule has 1 unspecified atom stereocenters.